The van der Waals surface area contributed by atoms with Gasteiger partial charge in [0.2, 0.25) is 11.0 Å². The number of ketones is 1. The predicted octanol–water partition coefficient (Wildman–Crippen LogP) is 5.00. The molecule has 3 rings (SSSR count). The highest BCUT2D eigenvalue weighted by atomic mass is 32.2. The van der Waals surface area contributed by atoms with Crippen molar-refractivity contribution in [1.29, 1.82) is 0 Å². The number of anilines is 3. The fraction of sp³-hybridized carbons (Fsp3) is 0.238. The number of thioether (sulfide) groups is 1. The Morgan fingerprint density at radius 3 is 2.57 bits per heavy atom. The zero-order chi connectivity index (χ0) is 21.5. The van der Waals surface area contributed by atoms with E-state index in [1.54, 1.807) is 24.3 Å². The van der Waals surface area contributed by atoms with E-state index in [0.717, 1.165) is 11.4 Å². The van der Waals surface area contributed by atoms with Crippen molar-refractivity contribution in [3.63, 3.8) is 0 Å². The molecule has 30 heavy (non-hydrogen) atoms. The SMILES string of the molecule is CCOc1ccccc1Nc1nnc(SC(C)C(=O)c2ccc(NC(C)=O)cc2)s1. The summed E-state index contributed by atoms with van der Waals surface area (Å²) in [7, 11) is 0. The third-order valence-corrected chi connectivity index (χ3v) is 5.99. The van der Waals surface area contributed by atoms with Gasteiger partial charge < -0.3 is 15.4 Å². The summed E-state index contributed by atoms with van der Waals surface area (Å²) >= 11 is 2.74. The van der Waals surface area contributed by atoms with Gasteiger partial charge in [0.1, 0.15) is 5.75 Å². The minimum absolute atomic E-state index is 0.0132. The van der Waals surface area contributed by atoms with Crippen LogP contribution in [0.15, 0.2) is 52.9 Å². The lowest BCUT2D eigenvalue weighted by Gasteiger charge is -2.10. The molecule has 0 aliphatic rings. The van der Waals surface area contributed by atoms with Crippen LogP contribution in [-0.2, 0) is 4.79 Å². The molecule has 0 aliphatic carbocycles. The number of aromatic nitrogens is 2. The monoisotopic (exact) mass is 442 g/mol. The van der Waals surface area contributed by atoms with Gasteiger partial charge in [0.25, 0.3) is 0 Å². The molecular formula is C21H22N4O3S2. The first-order valence-electron chi connectivity index (χ1n) is 9.37. The molecule has 2 aromatic carbocycles. The van der Waals surface area contributed by atoms with E-state index in [1.807, 2.05) is 38.1 Å². The van der Waals surface area contributed by atoms with Crippen molar-refractivity contribution in [2.45, 2.75) is 30.4 Å². The molecule has 0 saturated heterocycles. The van der Waals surface area contributed by atoms with Crippen molar-refractivity contribution in [2.24, 2.45) is 0 Å². The van der Waals surface area contributed by atoms with Gasteiger partial charge in [0.15, 0.2) is 10.1 Å². The molecule has 1 atom stereocenters. The molecule has 1 unspecified atom stereocenters. The highest BCUT2D eigenvalue weighted by Gasteiger charge is 2.19. The van der Waals surface area contributed by atoms with Crippen molar-refractivity contribution in [2.75, 3.05) is 17.2 Å². The second kappa shape index (κ2) is 10.2. The number of rotatable bonds is 9. The summed E-state index contributed by atoms with van der Waals surface area (Å²) in [6, 6.07) is 14.5. The number of Topliss-reactive ketones (excluding diaryl/α,β-unsaturated/α-hetero) is 1. The molecule has 156 valence electrons. The van der Waals surface area contributed by atoms with E-state index in [4.69, 9.17) is 4.74 Å². The predicted molar refractivity (Wildman–Crippen MR) is 121 cm³/mol. The summed E-state index contributed by atoms with van der Waals surface area (Å²) in [5, 5.41) is 14.6. The van der Waals surface area contributed by atoms with Gasteiger partial charge >= 0.3 is 0 Å². The van der Waals surface area contributed by atoms with Crippen LogP contribution in [0.4, 0.5) is 16.5 Å². The second-order valence-corrected chi connectivity index (χ2v) is 8.88. The quantitative estimate of drug-likeness (QED) is 0.356. The standard InChI is InChI=1S/C21H22N4O3S2/c1-4-28-18-8-6-5-7-17(18)23-20-24-25-21(30-20)29-13(2)19(27)15-9-11-16(12-10-15)22-14(3)26/h5-13H,4H2,1-3H3,(H,22,26)(H,23,24). The molecule has 9 heteroatoms. The zero-order valence-electron chi connectivity index (χ0n) is 16.8. The molecule has 0 bridgehead atoms. The molecular weight excluding hydrogens is 420 g/mol. The molecule has 3 aromatic rings. The lowest BCUT2D eigenvalue weighted by atomic mass is 10.1. The first-order valence-corrected chi connectivity index (χ1v) is 11.1. The van der Waals surface area contributed by atoms with Crippen LogP contribution in [0.3, 0.4) is 0 Å². The van der Waals surface area contributed by atoms with Gasteiger partial charge in [-0.15, -0.1) is 10.2 Å². The summed E-state index contributed by atoms with van der Waals surface area (Å²) in [6.45, 7) is 5.79. The lowest BCUT2D eigenvalue weighted by molar-refractivity contribution is -0.114. The van der Waals surface area contributed by atoms with Crippen LogP contribution < -0.4 is 15.4 Å². The van der Waals surface area contributed by atoms with E-state index in [0.29, 0.717) is 27.3 Å². The summed E-state index contributed by atoms with van der Waals surface area (Å²) in [5.41, 5.74) is 2.06. The fourth-order valence-corrected chi connectivity index (χ4v) is 4.62. The summed E-state index contributed by atoms with van der Waals surface area (Å²) in [5.74, 6) is 0.582. The second-order valence-electron chi connectivity index (χ2n) is 6.31. The zero-order valence-corrected chi connectivity index (χ0v) is 18.5. The first-order chi connectivity index (χ1) is 14.5. The highest BCUT2D eigenvalue weighted by Crippen LogP contribution is 2.34. The van der Waals surface area contributed by atoms with Crippen LogP contribution in [0.25, 0.3) is 0 Å². The van der Waals surface area contributed by atoms with E-state index >= 15 is 0 Å². The van der Waals surface area contributed by atoms with Crippen LogP contribution in [0.1, 0.15) is 31.1 Å². The van der Waals surface area contributed by atoms with Crippen molar-refractivity contribution in [1.82, 2.24) is 10.2 Å². The Labute approximate surface area is 183 Å². The maximum Gasteiger partial charge on any atom is 0.221 e. The van der Waals surface area contributed by atoms with E-state index in [-0.39, 0.29) is 16.9 Å². The van der Waals surface area contributed by atoms with Gasteiger partial charge in [-0.05, 0) is 50.2 Å². The number of hydrogen-bond donors (Lipinski definition) is 2. The molecule has 0 saturated carbocycles. The molecule has 1 heterocycles. The number of nitrogens with zero attached hydrogens (tertiary/aromatic N) is 2. The van der Waals surface area contributed by atoms with Gasteiger partial charge in [0.05, 0.1) is 17.5 Å². The minimum Gasteiger partial charge on any atom is -0.492 e. The van der Waals surface area contributed by atoms with Crippen molar-refractivity contribution in [3.8, 4) is 5.75 Å². The molecule has 0 radical (unpaired) electrons. The molecule has 0 aliphatic heterocycles. The third-order valence-electron chi connectivity index (χ3n) is 3.97. The number of para-hydroxylation sites is 2. The molecule has 1 aromatic heterocycles. The van der Waals surface area contributed by atoms with Crippen molar-refractivity contribution < 1.29 is 14.3 Å². The molecule has 0 spiro atoms. The Hall–Kier alpha value is -2.91. The normalized spacial score (nSPS) is 11.6. The van der Waals surface area contributed by atoms with Crippen molar-refractivity contribution >= 4 is 51.3 Å². The van der Waals surface area contributed by atoms with Crippen LogP contribution in [0.5, 0.6) is 5.75 Å². The number of carbonyl (C=O) groups excluding carboxylic acids is 2. The van der Waals surface area contributed by atoms with E-state index < -0.39 is 0 Å². The summed E-state index contributed by atoms with van der Waals surface area (Å²) in [6.07, 6.45) is 0. The Morgan fingerprint density at radius 2 is 1.87 bits per heavy atom. The number of carbonyl (C=O) groups is 2. The van der Waals surface area contributed by atoms with Crippen molar-refractivity contribution in [3.05, 3.63) is 54.1 Å². The maximum absolute atomic E-state index is 12.7. The molecule has 0 fully saturated rings. The molecule has 2 N–H and O–H groups in total. The van der Waals surface area contributed by atoms with Gasteiger partial charge in [-0.1, -0.05) is 35.2 Å². The number of nitrogens with one attached hydrogen (secondary N) is 2. The Balaban J connectivity index is 1.62. The van der Waals surface area contributed by atoms with Crippen LogP contribution >= 0.6 is 23.1 Å². The number of amides is 1. The van der Waals surface area contributed by atoms with E-state index in [9.17, 15) is 9.59 Å². The Kier molecular flexibility index (Phi) is 7.42. The van der Waals surface area contributed by atoms with E-state index in [2.05, 4.69) is 20.8 Å². The Morgan fingerprint density at radius 1 is 1.13 bits per heavy atom. The van der Waals surface area contributed by atoms with E-state index in [1.165, 1.54) is 30.0 Å². The molecule has 7 nitrogen and oxygen atoms in total. The maximum atomic E-state index is 12.7. The summed E-state index contributed by atoms with van der Waals surface area (Å²) in [4.78, 5) is 23.8. The average Bonchev–Trinajstić information content (AvgIpc) is 3.16. The average molecular weight is 443 g/mol. The molecule has 1 amide bonds. The van der Waals surface area contributed by atoms with Gasteiger partial charge in [-0.2, -0.15) is 0 Å². The van der Waals surface area contributed by atoms with Gasteiger partial charge in [0, 0.05) is 18.2 Å². The highest BCUT2D eigenvalue weighted by molar-refractivity contribution is 8.02. The first kappa shape index (κ1) is 21.8. The smallest absolute Gasteiger partial charge is 0.221 e. The van der Waals surface area contributed by atoms with Gasteiger partial charge in [-0.3, -0.25) is 9.59 Å². The minimum atomic E-state index is -0.326. The number of benzene rings is 2. The lowest BCUT2D eigenvalue weighted by Crippen LogP contribution is -2.13. The summed E-state index contributed by atoms with van der Waals surface area (Å²) < 4.78 is 6.31. The fourth-order valence-electron chi connectivity index (χ4n) is 2.63. The third kappa shape index (κ3) is 5.80. The topological polar surface area (TPSA) is 93.2 Å². The van der Waals surface area contributed by atoms with Crippen LogP contribution in [0, 0.1) is 0 Å². The van der Waals surface area contributed by atoms with Crippen LogP contribution in [0.2, 0.25) is 0 Å². The van der Waals surface area contributed by atoms with Gasteiger partial charge in [-0.25, -0.2) is 0 Å². The Bertz CT molecular complexity index is 1020. The van der Waals surface area contributed by atoms with Crippen LogP contribution in [-0.4, -0.2) is 33.7 Å². The number of hydrogen-bond acceptors (Lipinski definition) is 8. The largest absolute Gasteiger partial charge is 0.492 e. The number of ether oxygens (including phenoxy) is 1.